The molecule has 0 aliphatic rings. The number of hydrogen-bond acceptors (Lipinski definition) is 4. The van der Waals surface area contributed by atoms with E-state index >= 15 is 0 Å². The molecule has 0 bridgehead atoms. The quantitative estimate of drug-likeness (QED) is 0.632. The minimum absolute atomic E-state index is 0.0344. The van der Waals surface area contributed by atoms with Crippen LogP contribution in [0.25, 0.3) is 11.1 Å². The van der Waals surface area contributed by atoms with Crippen LogP contribution < -0.4 is 0 Å². The standard InChI is InChI=1S/C16H9ClO8/c17-7-3-1-2-6(4-7)10-11(15(22)23)8(13(18)19)5-9(14(20)21)12(10)16(24)25/h1-5H,(H,18,19)(H,20,21)(H,22,23)(H,24,25). The maximum Gasteiger partial charge on any atom is 0.337 e. The van der Waals surface area contributed by atoms with Gasteiger partial charge < -0.3 is 20.4 Å². The van der Waals surface area contributed by atoms with Gasteiger partial charge >= 0.3 is 23.9 Å². The van der Waals surface area contributed by atoms with Crippen molar-refractivity contribution >= 4 is 35.5 Å². The molecule has 0 amide bonds. The summed E-state index contributed by atoms with van der Waals surface area (Å²) in [5.41, 5.74) is -3.93. The molecule has 0 fully saturated rings. The van der Waals surface area contributed by atoms with Gasteiger partial charge in [-0.3, -0.25) is 0 Å². The van der Waals surface area contributed by atoms with E-state index in [0.717, 1.165) is 0 Å². The number of benzene rings is 2. The summed E-state index contributed by atoms with van der Waals surface area (Å²) >= 11 is 5.84. The molecule has 2 rings (SSSR count). The Bertz CT molecular complexity index is 882. The molecule has 0 saturated heterocycles. The molecule has 0 aromatic heterocycles. The molecule has 4 N–H and O–H groups in total. The lowest BCUT2D eigenvalue weighted by Crippen LogP contribution is -2.18. The second-order valence-electron chi connectivity index (χ2n) is 4.83. The third kappa shape index (κ3) is 3.29. The minimum atomic E-state index is -1.72. The van der Waals surface area contributed by atoms with Gasteiger partial charge in [0.1, 0.15) is 0 Å². The first-order valence-corrected chi connectivity index (χ1v) is 6.93. The SMILES string of the molecule is O=C(O)c1cc(C(=O)O)c(C(=O)O)c(-c2cccc(Cl)c2)c1C(=O)O. The van der Waals surface area contributed by atoms with Gasteiger partial charge in [-0.05, 0) is 23.8 Å². The summed E-state index contributed by atoms with van der Waals surface area (Å²) in [7, 11) is 0. The summed E-state index contributed by atoms with van der Waals surface area (Å²) in [6, 6.07) is 5.86. The van der Waals surface area contributed by atoms with Gasteiger partial charge in [-0.15, -0.1) is 0 Å². The molecule has 25 heavy (non-hydrogen) atoms. The van der Waals surface area contributed by atoms with Crippen LogP contribution in [0.15, 0.2) is 30.3 Å². The van der Waals surface area contributed by atoms with Gasteiger partial charge in [-0.1, -0.05) is 23.7 Å². The van der Waals surface area contributed by atoms with Crippen molar-refractivity contribution in [2.24, 2.45) is 0 Å². The van der Waals surface area contributed by atoms with E-state index < -0.39 is 51.7 Å². The average Bonchev–Trinajstić information content (AvgIpc) is 2.52. The molecule has 8 nitrogen and oxygen atoms in total. The molecule has 2 aromatic carbocycles. The maximum atomic E-state index is 11.6. The van der Waals surface area contributed by atoms with Crippen molar-refractivity contribution in [3.8, 4) is 11.1 Å². The number of halogens is 1. The van der Waals surface area contributed by atoms with Crippen LogP contribution >= 0.6 is 11.6 Å². The predicted molar refractivity (Wildman–Crippen MR) is 84.7 cm³/mol. The van der Waals surface area contributed by atoms with E-state index in [1.54, 1.807) is 0 Å². The molecule has 0 heterocycles. The highest BCUT2D eigenvalue weighted by Crippen LogP contribution is 2.34. The Morgan fingerprint density at radius 2 is 1.20 bits per heavy atom. The third-order valence-electron chi connectivity index (χ3n) is 3.33. The molecule has 9 heteroatoms. The number of carbonyl (C=O) groups is 4. The summed E-state index contributed by atoms with van der Waals surface area (Å²) in [6.07, 6.45) is 0. The molecule has 0 spiro atoms. The zero-order valence-electron chi connectivity index (χ0n) is 12.2. The van der Waals surface area contributed by atoms with Crippen molar-refractivity contribution in [2.75, 3.05) is 0 Å². The second kappa shape index (κ2) is 6.62. The van der Waals surface area contributed by atoms with Crippen LogP contribution in [0.2, 0.25) is 5.02 Å². The Hall–Kier alpha value is -3.39. The van der Waals surface area contributed by atoms with E-state index in [1.165, 1.54) is 24.3 Å². The molecule has 128 valence electrons. The largest absolute Gasteiger partial charge is 0.478 e. The van der Waals surface area contributed by atoms with Crippen LogP contribution in [-0.2, 0) is 0 Å². The highest BCUT2D eigenvalue weighted by atomic mass is 35.5. The van der Waals surface area contributed by atoms with Crippen LogP contribution in [0.3, 0.4) is 0 Å². The summed E-state index contributed by atoms with van der Waals surface area (Å²) in [5.74, 6) is -6.85. The Kier molecular flexibility index (Phi) is 4.75. The average molecular weight is 365 g/mol. The van der Waals surface area contributed by atoms with Crippen LogP contribution in [-0.4, -0.2) is 44.3 Å². The lowest BCUT2D eigenvalue weighted by atomic mass is 9.87. The summed E-state index contributed by atoms with van der Waals surface area (Å²) in [6.45, 7) is 0. The van der Waals surface area contributed by atoms with Gasteiger partial charge in [-0.2, -0.15) is 0 Å². The van der Waals surface area contributed by atoms with Gasteiger partial charge in [0, 0.05) is 10.6 Å². The third-order valence-corrected chi connectivity index (χ3v) is 3.56. The van der Waals surface area contributed by atoms with Crippen molar-refractivity contribution < 1.29 is 39.6 Å². The van der Waals surface area contributed by atoms with Crippen molar-refractivity contribution in [3.05, 3.63) is 57.6 Å². The topological polar surface area (TPSA) is 149 Å². The summed E-state index contributed by atoms with van der Waals surface area (Å²) < 4.78 is 0. The molecular weight excluding hydrogens is 356 g/mol. The van der Waals surface area contributed by atoms with Gasteiger partial charge in [0.25, 0.3) is 0 Å². The number of carboxylic acids is 4. The molecule has 0 aliphatic heterocycles. The Balaban J connectivity index is 3.13. The normalized spacial score (nSPS) is 10.3. The Labute approximate surface area is 144 Å². The van der Waals surface area contributed by atoms with E-state index in [4.69, 9.17) is 11.6 Å². The maximum absolute atomic E-state index is 11.6. The van der Waals surface area contributed by atoms with E-state index in [9.17, 15) is 39.6 Å². The monoisotopic (exact) mass is 364 g/mol. The van der Waals surface area contributed by atoms with E-state index in [1.807, 2.05) is 0 Å². The molecule has 2 aromatic rings. The lowest BCUT2D eigenvalue weighted by molar-refractivity contribution is 0.0638. The number of carboxylic acid groups (broad SMARTS) is 4. The fraction of sp³-hybridized carbons (Fsp3) is 0. The number of hydrogen-bond donors (Lipinski definition) is 4. The van der Waals surface area contributed by atoms with Gasteiger partial charge in [0.15, 0.2) is 0 Å². The van der Waals surface area contributed by atoms with E-state index in [-0.39, 0.29) is 10.6 Å². The van der Waals surface area contributed by atoms with Gasteiger partial charge in [-0.25, -0.2) is 19.2 Å². The molecule has 0 unspecified atom stereocenters. The Morgan fingerprint density at radius 3 is 1.56 bits per heavy atom. The first-order chi connectivity index (χ1) is 11.6. The van der Waals surface area contributed by atoms with Gasteiger partial charge in [0.05, 0.1) is 22.3 Å². The van der Waals surface area contributed by atoms with Crippen molar-refractivity contribution in [1.82, 2.24) is 0 Å². The van der Waals surface area contributed by atoms with E-state index in [2.05, 4.69) is 0 Å². The number of rotatable bonds is 5. The molecule has 0 saturated carbocycles. The van der Waals surface area contributed by atoms with E-state index in [0.29, 0.717) is 6.07 Å². The fourth-order valence-corrected chi connectivity index (χ4v) is 2.59. The van der Waals surface area contributed by atoms with Crippen LogP contribution in [0, 0.1) is 0 Å². The van der Waals surface area contributed by atoms with Crippen LogP contribution in [0.1, 0.15) is 41.4 Å². The summed E-state index contributed by atoms with van der Waals surface area (Å²) in [4.78, 5) is 46.1. The minimum Gasteiger partial charge on any atom is -0.478 e. The van der Waals surface area contributed by atoms with Gasteiger partial charge in [0.2, 0.25) is 0 Å². The molecule has 0 aliphatic carbocycles. The highest BCUT2D eigenvalue weighted by Gasteiger charge is 2.31. The first kappa shape index (κ1) is 18.0. The molecule has 0 radical (unpaired) electrons. The lowest BCUT2D eigenvalue weighted by Gasteiger charge is -2.15. The predicted octanol–water partition coefficient (Wildman–Crippen LogP) is 2.80. The van der Waals surface area contributed by atoms with Crippen LogP contribution in [0.5, 0.6) is 0 Å². The van der Waals surface area contributed by atoms with Crippen molar-refractivity contribution in [2.45, 2.75) is 0 Å². The smallest absolute Gasteiger partial charge is 0.337 e. The highest BCUT2D eigenvalue weighted by molar-refractivity contribution is 6.31. The zero-order chi connectivity index (χ0) is 18.9. The zero-order valence-corrected chi connectivity index (χ0v) is 12.9. The first-order valence-electron chi connectivity index (χ1n) is 6.55. The number of aromatic carboxylic acids is 4. The van der Waals surface area contributed by atoms with Crippen LogP contribution in [0.4, 0.5) is 0 Å². The van der Waals surface area contributed by atoms with Crippen molar-refractivity contribution in [1.29, 1.82) is 0 Å². The second-order valence-corrected chi connectivity index (χ2v) is 5.26. The summed E-state index contributed by atoms with van der Waals surface area (Å²) in [5, 5.41) is 37.5. The van der Waals surface area contributed by atoms with Crippen molar-refractivity contribution in [3.63, 3.8) is 0 Å². The molecule has 0 atom stereocenters. The Morgan fingerprint density at radius 1 is 0.720 bits per heavy atom. The molecular formula is C16H9ClO8. The fourth-order valence-electron chi connectivity index (χ4n) is 2.40.